The van der Waals surface area contributed by atoms with Gasteiger partial charge >= 0.3 is 0 Å². The minimum Gasteiger partial charge on any atom is -0.392 e. The molecule has 0 heterocycles. The summed E-state index contributed by atoms with van der Waals surface area (Å²) in [5.41, 5.74) is 5.10. The van der Waals surface area contributed by atoms with Crippen molar-refractivity contribution in [2.45, 2.75) is 6.92 Å². The monoisotopic (exact) mass is 196 g/mol. The molecule has 0 radical (unpaired) electrons. The average Bonchev–Trinajstić information content (AvgIpc) is 1.83. The van der Waals surface area contributed by atoms with E-state index in [0.717, 1.165) is 0 Å². The van der Waals surface area contributed by atoms with Crippen LogP contribution in [0.2, 0.25) is 0 Å². The molecule has 0 saturated carbocycles. The highest BCUT2D eigenvalue weighted by Crippen LogP contribution is 1.96. The van der Waals surface area contributed by atoms with Gasteiger partial charge < -0.3 is 5.73 Å². The van der Waals surface area contributed by atoms with Gasteiger partial charge in [0, 0.05) is 13.6 Å². The molecular formula is C5H12N2O2S2. The molecule has 0 aromatic rings. The van der Waals surface area contributed by atoms with Gasteiger partial charge in [0.25, 0.3) is 0 Å². The smallest absolute Gasteiger partial charge is 0.220 e. The summed E-state index contributed by atoms with van der Waals surface area (Å²) in [6.45, 7) is 2.18. The zero-order valence-electron chi connectivity index (χ0n) is 6.57. The van der Waals surface area contributed by atoms with Gasteiger partial charge in [-0.05, 0) is 0 Å². The van der Waals surface area contributed by atoms with Gasteiger partial charge in [-0.1, -0.05) is 19.1 Å². The molecule has 0 aliphatic carbocycles. The van der Waals surface area contributed by atoms with Crippen molar-refractivity contribution in [3.63, 3.8) is 0 Å². The van der Waals surface area contributed by atoms with Gasteiger partial charge in [0.15, 0.2) is 0 Å². The maximum absolute atomic E-state index is 11.1. The lowest BCUT2D eigenvalue weighted by Crippen LogP contribution is -2.33. The molecule has 0 rings (SSSR count). The topological polar surface area (TPSA) is 63.4 Å². The van der Waals surface area contributed by atoms with E-state index in [2.05, 4.69) is 12.2 Å². The summed E-state index contributed by atoms with van der Waals surface area (Å²) in [4.78, 5) is 0.00491. The largest absolute Gasteiger partial charge is 0.392 e. The molecule has 0 aromatic heterocycles. The Labute approximate surface area is 72.4 Å². The molecule has 6 heteroatoms. The summed E-state index contributed by atoms with van der Waals surface area (Å²) in [5.74, 6) is -0.243. The van der Waals surface area contributed by atoms with Crippen LogP contribution in [0.25, 0.3) is 0 Å². The summed E-state index contributed by atoms with van der Waals surface area (Å²) in [6, 6.07) is 0. The van der Waals surface area contributed by atoms with E-state index in [9.17, 15) is 8.42 Å². The summed E-state index contributed by atoms with van der Waals surface area (Å²) in [6.07, 6.45) is 0. The molecule has 4 nitrogen and oxygen atoms in total. The van der Waals surface area contributed by atoms with Gasteiger partial charge in [-0.3, -0.25) is 0 Å². The van der Waals surface area contributed by atoms with Gasteiger partial charge in [-0.15, -0.1) is 0 Å². The van der Waals surface area contributed by atoms with Crippen LogP contribution in [0.1, 0.15) is 6.92 Å². The van der Waals surface area contributed by atoms with E-state index in [-0.39, 0.29) is 10.7 Å². The number of hydrogen-bond acceptors (Lipinski definition) is 3. The highest BCUT2D eigenvalue weighted by Gasteiger charge is 2.16. The van der Waals surface area contributed by atoms with Gasteiger partial charge in [0.1, 0.15) is 5.75 Å². The lowest BCUT2D eigenvalue weighted by molar-refractivity contribution is 0.490. The van der Waals surface area contributed by atoms with Crippen molar-refractivity contribution in [2.24, 2.45) is 5.73 Å². The van der Waals surface area contributed by atoms with Crippen molar-refractivity contribution >= 4 is 27.2 Å². The molecular weight excluding hydrogens is 184 g/mol. The lowest BCUT2D eigenvalue weighted by atomic mass is 10.8. The van der Waals surface area contributed by atoms with E-state index >= 15 is 0 Å². The summed E-state index contributed by atoms with van der Waals surface area (Å²) in [7, 11) is -1.75. The minimum absolute atomic E-state index is 0.00491. The molecule has 0 fully saturated rings. The molecule has 0 aliphatic heterocycles. The summed E-state index contributed by atoms with van der Waals surface area (Å²) < 4.78 is 23.5. The van der Waals surface area contributed by atoms with Gasteiger partial charge in [0.05, 0.1) is 4.99 Å². The van der Waals surface area contributed by atoms with Crippen LogP contribution in [0, 0.1) is 0 Å². The highest BCUT2D eigenvalue weighted by atomic mass is 32.2. The number of sulfonamides is 1. The highest BCUT2D eigenvalue weighted by molar-refractivity contribution is 7.92. The third kappa shape index (κ3) is 3.64. The van der Waals surface area contributed by atoms with Crippen LogP contribution >= 0.6 is 12.2 Å². The molecule has 0 saturated heterocycles. The molecule has 0 bridgehead atoms. The summed E-state index contributed by atoms with van der Waals surface area (Å²) in [5, 5.41) is 0. The Morgan fingerprint density at radius 1 is 1.64 bits per heavy atom. The van der Waals surface area contributed by atoms with Crippen molar-refractivity contribution in [1.29, 1.82) is 0 Å². The van der Waals surface area contributed by atoms with Crippen molar-refractivity contribution < 1.29 is 8.42 Å². The molecule has 2 N–H and O–H groups in total. The quantitative estimate of drug-likeness (QED) is 0.619. The third-order valence-electron chi connectivity index (χ3n) is 1.24. The zero-order valence-corrected chi connectivity index (χ0v) is 8.20. The molecule has 11 heavy (non-hydrogen) atoms. The van der Waals surface area contributed by atoms with E-state index in [4.69, 9.17) is 5.73 Å². The van der Waals surface area contributed by atoms with E-state index in [1.54, 1.807) is 6.92 Å². The van der Waals surface area contributed by atoms with E-state index in [1.807, 2.05) is 0 Å². The van der Waals surface area contributed by atoms with Crippen LogP contribution in [0.4, 0.5) is 0 Å². The molecule has 66 valence electrons. The van der Waals surface area contributed by atoms with Crippen LogP contribution in [0.15, 0.2) is 0 Å². The van der Waals surface area contributed by atoms with Crippen LogP contribution in [0.5, 0.6) is 0 Å². The van der Waals surface area contributed by atoms with Gasteiger partial charge in [-0.25, -0.2) is 12.7 Å². The minimum atomic E-state index is -3.24. The standard InChI is InChI=1S/C5H12N2O2S2/c1-3-7(2)11(8,9)4-5(6)10/h3-4H2,1-2H3,(H2,6,10). The average molecular weight is 196 g/mol. The number of thiocarbonyl (C=S) groups is 1. The van der Waals surface area contributed by atoms with E-state index < -0.39 is 10.0 Å². The second kappa shape index (κ2) is 3.99. The van der Waals surface area contributed by atoms with Crippen LogP contribution in [0.3, 0.4) is 0 Å². The number of rotatable bonds is 4. The zero-order chi connectivity index (χ0) is 9.07. The first-order valence-electron chi connectivity index (χ1n) is 3.12. The fourth-order valence-corrected chi connectivity index (χ4v) is 1.91. The first-order chi connectivity index (χ1) is 4.90. The van der Waals surface area contributed by atoms with Crippen LogP contribution in [-0.4, -0.2) is 37.1 Å². The second-order valence-electron chi connectivity index (χ2n) is 2.14. The Morgan fingerprint density at radius 3 is 2.36 bits per heavy atom. The van der Waals surface area contributed by atoms with Crippen molar-refractivity contribution in [1.82, 2.24) is 4.31 Å². The number of nitrogens with two attached hydrogens (primary N) is 1. The van der Waals surface area contributed by atoms with Crippen molar-refractivity contribution in [2.75, 3.05) is 19.3 Å². The second-order valence-corrected chi connectivity index (χ2v) is 4.74. The predicted octanol–water partition coefficient (Wildman–Crippen LogP) is -0.446. The maximum atomic E-state index is 11.1. The molecule has 0 aromatic carbocycles. The Balaban J connectivity index is 4.35. The third-order valence-corrected chi connectivity index (χ3v) is 3.46. The Hall–Kier alpha value is -0.200. The van der Waals surface area contributed by atoms with E-state index in [1.165, 1.54) is 11.4 Å². The Bertz CT molecular complexity index is 235. The van der Waals surface area contributed by atoms with Crippen LogP contribution in [-0.2, 0) is 10.0 Å². The summed E-state index contributed by atoms with van der Waals surface area (Å²) >= 11 is 4.48. The normalized spacial score (nSPS) is 11.9. The molecule has 0 aliphatic rings. The first kappa shape index (κ1) is 10.8. The molecule has 0 amide bonds. The Kier molecular flexibility index (Phi) is 3.91. The maximum Gasteiger partial charge on any atom is 0.220 e. The first-order valence-corrected chi connectivity index (χ1v) is 5.14. The fourth-order valence-electron chi connectivity index (χ4n) is 0.487. The lowest BCUT2D eigenvalue weighted by Gasteiger charge is -2.13. The molecule has 0 spiro atoms. The predicted molar refractivity (Wildman–Crippen MR) is 48.9 cm³/mol. The Morgan fingerprint density at radius 2 is 2.09 bits per heavy atom. The van der Waals surface area contributed by atoms with Gasteiger partial charge in [0.2, 0.25) is 10.0 Å². The fraction of sp³-hybridized carbons (Fsp3) is 0.800. The van der Waals surface area contributed by atoms with Crippen molar-refractivity contribution in [3.8, 4) is 0 Å². The van der Waals surface area contributed by atoms with E-state index in [0.29, 0.717) is 6.54 Å². The molecule has 0 atom stereocenters. The van der Waals surface area contributed by atoms with Crippen LogP contribution < -0.4 is 5.73 Å². The number of nitrogens with zero attached hydrogens (tertiary/aromatic N) is 1. The van der Waals surface area contributed by atoms with Crippen molar-refractivity contribution in [3.05, 3.63) is 0 Å². The number of hydrogen-bond donors (Lipinski definition) is 1. The molecule has 0 unspecified atom stereocenters. The SMILES string of the molecule is CCN(C)S(=O)(=O)CC(N)=S. The van der Waals surface area contributed by atoms with Gasteiger partial charge in [-0.2, -0.15) is 0 Å².